The maximum Gasteiger partial charge on any atom is 0.333 e. The van der Waals surface area contributed by atoms with Crippen LogP contribution < -0.4 is 20.6 Å². The molecular weight excluding hydrogens is 1000 g/mol. The summed E-state index contributed by atoms with van der Waals surface area (Å²) in [4.78, 5) is 5.27. The van der Waals surface area contributed by atoms with E-state index in [1.165, 1.54) is 128 Å². The Balaban J connectivity index is 1.03. The third-order valence-electron chi connectivity index (χ3n) is 18.1. The molecule has 2 heterocycles. The van der Waals surface area contributed by atoms with Crippen LogP contribution in [0.2, 0.25) is 0 Å². The molecule has 2 aliphatic heterocycles. The van der Waals surface area contributed by atoms with Gasteiger partial charge in [0, 0.05) is 45.3 Å². The van der Waals surface area contributed by atoms with Crippen LogP contribution in [0.3, 0.4) is 0 Å². The van der Waals surface area contributed by atoms with Gasteiger partial charge in [-0.15, -0.1) is 0 Å². The molecule has 12 aromatic rings. The van der Waals surface area contributed by atoms with Gasteiger partial charge in [0.25, 0.3) is 0 Å². The van der Waals surface area contributed by atoms with Crippen molar-refractivity contribution in [1.82, 2.24) is 0 Å². The second-order valence-electron chi connectivity index (χ2n) is 24.5. The Bertz CT molecular complexity index is 4440. The van der Waals surface area contributed by atoms with Crippen molar-refractivity contribution < 1.29 is 0 Å². The first-order valence-corrected chi connectivity index (χ1v) is 29.4. The highest BCUT2D eigenvalue weighted by atomic mass is 15.2. The number of benzene rings is 12. The summed E-state index contributed by atoms with van der Waals surface area (Å²) in [5, 5.41) is 0. The minimum Gasteiger partial charge on any atom is -0.376 e. The molecule has 0 spiro atoms. The molecule has 0 bridgehead atoms. The predicted octanol–water partition coefficient (Wildman–Crippen LogP) is 19.8. The van der Waals surface area contributed by atoms with Gasteiger partial charge in [0.1, 0.15) is 0 Å². The fourth-order valence-corrected chi connectivity index (χ4v) is 13.9. The van der Waals surface area contributed by atoms with Crippen molar-refractivity contribution in [3.63, 3.8) is 0 Å². The molecular formula is C80H63BN2. The van der Waals surface area contributed by atoms with E-state index in [9.17, 15) is 0 Å². The third kappa shape index (κ3) is 8.56. The van der Waals surface area contributed by atoms with Crippen molar-refractivity contribution in [1.29, 1.82) is 0 Å². The van der Waals surface area contributed by atoms with Crippen molar-refractivity contribution >= 4 is 46.2 Å². The SMILES string of the molecule is CC(C)(C)c1ccc(C(c2ccc3c(c2)-c2ccccc2C3(C)C)c2ccc3c(c2)N(c2cccc(-c4ccccc4)c2)c2cc(-c4ccccc4)cc4c2B3N(c2cccc(-c3ccccc3)c2)c2ccc(-c3ccccc3)cc2-4)cc1. The molecule has 2 nitrogen and oxygen atoms in total. The average Bonchev–Trinajstić information content (AvgIpc) is 2.13. The molecule has 83 heavy (non-hydrogen) atoms. The Hall–Kier alpha value is -9.70. The van der Waals surface area contributed by atoms with Crippen molar-refractivity contribution in [2.45, 2.75) is 51.4 Å². The Morgan fingerprint density at radius 1 is 0.337 bits per heavy atom. The highest BCUT2D eigenvalue weighted by Gasteiger charge is 2.46. The van der Waals surface area contributed by atoms with Gasteiger partial charge in [0.05, 0.1) is 0 Å². The fraction of sp³-hybridized carbons (Fsp3) is 0.100. The normalized spacial score (nSPS) is 13.8. The number of fused-ring (bicyclic) bond motifs is 7. The summed E-state index contributed by atoms with van der Waals surface area (Å²) >= 11 is 0. The first kappa shape index (κ1) is 50.3. The Morgan fingerprint density at radius 3 is 1.48 bits per heavy atom. The van der Waals surface area contributed by atoms with Crippen molar-refractivity contribution in [3.05, 3.63) is 318 Å². The highest BCUT2D eigenvalue weighted by Crippen LogP contribution is 2.53. The summed E-state index contributed by atoms with van der Waals surface area (Å²) in [5.74, 6) is -0.0808. The number of anilines is 5. The molecule has 0 aromatic heterocycles. The van der Waals surface area contributed by atoms with Crippen LogP contribution in [0.5, 0.6) is 0 Å². The molecule has 0 radical (unpaired) electrons. The summed E-state index contributed by atoms with van der Waals surface area (Å²) in [6.45, 7) is 11.5. The van der Waals surface area contributed by atoms with E-state index in [0.717, 1.165) is 11.4 Å². The lowest BCUT2D eigenvalue weighted by atomic mass is 9.43. The van der Waals surface area contributed by atoms with Crippen LogP contribution in [0, 0.1) is 0 Å². The minimum absolute atomic E-state index is 0.0105. The molecule has 15 rings (SSSR count). The summed E-state index contributed by atoms with van der Waals surface area (Å²) in [5.41, 5.74) is 30.7. The lowest BCUT2D eigenvalue weighted by Crippen LogP contribution is -2.61. The molecule has 0 saturated carbocycles. The Morgan fingerprint density at radius 2 is 0.843 bits per heavy atom. The third-order valence-corrected chi connectivity index (χ3v) is 18.1. The van der Waals surface area contributed by atoms with Gasteiger partial charge in [-0.2, -0.15) is 0 Å². The maximum absolute atomic E-state index is 2.66. The van der Waals surface area contributed by atoms with Crippen molar-refractivity contribution in [2.24, 2.45) is 0 Å². The lowest BCUT2D eigenvalue weighted by Gasteiger charge is -2.46. The summed E-state index contributed by atoms with van der Waals surface area (Å²) in [6, 6.07) is 107. The molecule has 3 heteroatoms. The van der Waals surface area contributed by atoms with Crippen LogP contribution in [-0.4, -0.2) is 6.85 Å². The van der Waals surface area contributed by atoms with Crippen LogP contribution in [0.1, 0.15) is 73.9 Å². The Kier molecular flexibility index (Phi) is 12.0. The summed E-state index contributed by atoms with van der Waals surface area (Å²) < 4.78 is 0. The lowest BCUT2D eigenvalue weighted by molar-refractivity contribution is 0.590. The van der Waals surface area contributed by atoms with E-state index in [1.807, 2.05) is 0 Å². The molecule has 12 aromatic carbocycles. The number of rotatable bonds is 9. The molecule has 396 valence electrons. The molecule has 1 atom stereocenters. The van der Waals surface area contributed by atoms with E-state index < -0.39 is 0 Å². The molecule has 3 aliphatic rings. The average molecular weight is 1060 g/mol. The standard InChI is InChI=1S/C80H63BN2/c1-79(2,3)64-41-36-57(37-42-64)77(61-38-43-72-68(49-61)67-34-18-19-35-71(67)80(72,4)5)62-39-44-73-75(51-62)82(65-32-20-30-58(46-65)53-22-10-6-11-23-53)76-52-63(56-28-16-9-17-29-56)50-70-69-48-60(55-26-14-8-15-27-55)40-45-74(69)83(81(73)78(70)76)66-33-21-31-59(47-66)54-24-12-7-13-25-54/h6-52,77H,1-5H3. The summed E-state index contributed by atoms with van der Waals surface area (Å²) in [7, 11) is 0. The number of hydrogen-bond donors (Lipinski definition) is 0. The number of hydrogen-bond acceptors (Lipinski definition) is 2. The molecule has 0 fully saturated rings. The van der Waals surface area contributed by atoms with E-state index in [4.69, 9.17) is 0 Å². The van der Waals surface area contributed by atoms with Crippen LogP contribution in [-0.2, 0) is 10.8 Å². The fourth-order valence-electron chi connectivity index (χ4n) is 13.9. The smallest absolute Gasteiger partial charge is 0.333 e. The van der Waals surface area contributed by atoms with Crippen LogP contribution in [0.25, 0.3) is 66.8 Å². The highest BCUT2D eigenvalue weighted by molar-refractivity contribution is 6.93. The van der Waals surface area contributed by atoms with E-state index in [0.29, 0.717) is 0 Å². The van der Waals surface area contributed by atoms with Gasteiger partial charge >= 0.3 is 6.85 Å². The molecule has 1 aliphatic carbocycles. The monoisotopic (exact) mass is 1060 g/mol. The van der Waals surface area contributed by atoms with Crippen molar-refractivity contribution in [2.75, 3.05) is 9.71 Å². The van der Waals surface area contributed by atoms with Gasteiger partial charge in [-0.25, -0.2) is 0 Å². The zero-order valence-corrected chi connectivity index (χ0v) is 47.7. The number of nitrogens with zero attached hydrogens (tertiary/aromatic N) is 2. The molecule has 0 saturated heterocycles. The van der Waals surface area contributed by atoms with Gasteiger partial charge in [0.15, 0.2) is 0 Å². The van der Waals surface area contributed by atoms with Crippen LogP contribution >= 0.6 is 0 Å². The van der Waals surface area contributed by atoms with Gasteiger partial charge in [-0.05, 0) is 172 Å². The van der Waals surface area contributed by atoms with Crippen LogP contribution in [0.15, 0.2) is 285 Å². The van der Waals surface area contributed by atoms with E-state index in [2.05, 4.69) is 329 Å². The molecule has 1 unspecified atom stereocenters. The van der Waals surface area contributed by atoms with E-state index in [1.54, 1.807) is 0 Å². The first-order valence-electron chi connectivity index (χ1n) is 29.4. The maximum atomic E-state index is 2.66. The zero-order chi connectivity index (χ0) is 56.0. The van der Waals surface area contributed by atoms with Gasteiger partial charge in [-0.3, -0.25) is 0 Å². The van der Waals surface area contributed by atoms with Gasteiger partial charge < -0.3 is 9.71 Å². The minimum atomic E-state index is -0.202. The van der Waals surface area contributed by atoms with Crippen molar-refractivity contribution in [3.8, 4) is 66.8 Å². The van der Waals surface area contributed by atoms with Crippen LogP contribution in [0.4, 0.5) is 28.4 Å². The largest absolute Gasteiger partial charge is 0.376 e. The second kappa shape index (κ2) is 19.8. The molecule has 0 N–H and O–H groups in total. The van der Waals surface area contributed by atoms with Gasteiger partial charge in [-0.1, -0.05) is 259 Å². The predicted molar refractivity (Wildman–Crippen MR) is 352 cm³/mol. The quantitative estimate of drug-likeness (QED) is 0.105. The first-order chi connectivity index (χ1) is 40.5. The second-order valence-corrected chi connectivity index (χ2v) is 24.5. The zero-order valence-electron chi connectivity index (χ0n) is 47.7. The Labute approximate surface area is 489 Å². The van der Waals surface area contributed by atoms with E-state index >= 15 is 0 Å². The molecule has 0 amide bonds. The topological polar surface area (TPSA) is 6.48 Å². The van der Waals surface area contributed by atoms with E-state index in [-0.39, 0.29) is 23.6 Å². The summed E-state index contributed by atoms with van der Waals surface area (Å²) in [6.07, 6.45) is 0. The van der Waals surface area contributed by atoms with Gasteiger partial charge in [0.2, 0.25) is 0 Å².